The van der Waals surface area contributed by atoms with Crippen LogP contribution in [-0.2, 0) is 14.4 Å². The van der Waals surface area contributed by atoms with Gasteiger partial charge in [-0.1, -0.05) is 13.8 Å². The van der Waals surface area contributed by atoms with Crippen molar-refractivity contribution >= 4 is 30.4 Å². The average molecular weight is 230 g/mol. The lowest BCUT2D eigenvalue weighted by atomic mass is 10.1. The lowest BCUT2D eigenvalue weighted by molar-refractivity contribution is -0.145. The molecule has 0 aromatic heterocycles. The summed E-state index contributed by atoms with van der Waals surface area (Å²) in [5, 5.41) is 1.67. The highest BCUT2D eigenvalue weighted by Crippen LogP contribution is 2.13. The molecule has 0 bridgehead atoms. The number of thiol groups is 1. The summed E-state index contributed by atoms with van der Waals surface area (Å²) in [6.07, 6.45) is 0. The molecular formula is C9H14N2O3S. The first-order chi connectivity index (χ1) is 6.91. The Morgan fingerprint density at radius 3 is 2.20 bits per heavy atom. The van der Waals surface area contributed by atoms with Crippen molar-refractivity contribution < 1.29 is 14.4 Å². The highest BCUT2D eigenvalue weighted by Gasteiger charge is 2.30. The molecule has 15 heavy (non-hydrogen) atoms. The Balaban J connectivity index is 2.67. The van der Waals surface area contributed by atoms with E-state index in [9.17, 15) is 14.4 Å². The molecule has 1 rings (SSSR count). The number of amides is 3. The van der Waals surface area contributed by atoms with Gasteiger partial charge in [-0.15, -0.1) is 0 Å². The molecule has 1 saturated heterocycles. The molecule has 5 nitrogen and oxygen atoms in total. The van der Waals surface area contributed by atoms with Gasteiger partial charge in [-0.3, -0.25) is 19.7 Å². The number of piperazine rings is 1. The molecule has 1 fully saturated rings. The highest BCUT2D eigenvalue weighted by atomic mass is 32.1. The lowest BCUT2D eigenvalue weighted by Crippen LogP contribution is -2.55. The zero-order valence-electron chi connectivity index (χ0n) is 8.69. The van der Waals surface area contributed by atoms with E-state index in [1.165, 1.54) is 4.90 Å². The SMILES string of the molecule is CC(C)C(S)C(=O)N1CC(=O)NC(=O)C1. The van der Waals surface area contributed by atoms with Crippen LogP contribution in [0.3, 0.4) is 0 Å². The number of hydrogen-bond acceptors (Lipinski definition) is 4. The highest BCUT2D eigenvalue weighted by molar-refractivity contribution is 7.81. The normalized spacial score (nSPS) is 19.1. The van der Waals surface area contributed by atoms with Crippen LogP contribution in [0.25, 0.3) is 0 Å². The summed E-state index contributed by atoms with van der Waals surface area (Å²) < 4.78 is 0. The molecule has 0 saturated carbocycles. The quantitative estimate of drug-likeness (QED) is 0.493. The maximum Gasteiger partial charge on any atom is 0.246 e. The van der Waals surface area contributed by atoms with Crippen molar-refractivity contribution in [3.63, 3.8) is 0 Å². The van der Waals surface area contributed by atoms with Crippen LogP contribution in [0.2, 0.25) is 0 Å². The van der Waals surface area contributed by atoms with E-state index < -0.39 is 17.1 Å². The zero-order valence-corrected chi connectivity index (χ0v) is 9.58. The first kappa shape index (κ1) is 12.0. The van der Waals surface area contributed by atoms with E-state index in [1.807, 2.05) is 13.8 Å². The van der Waals surface area contributed by atoms with E-state index in [-0.39, 0.29) is 24.9 Å². The predicted molar refractivity (Wildman–Crippen MR) is 57.3 cm³/mol. The third kappa shape index (κ3) is 2.95. The van der Waals surface area contributed by atoms with Gasteiger partial charge in [-0.05, 0) is 5.92 Å². The van der Waals surface area contributed by atoms with Gasteiger partial charge in [-0.25, -0.2) is 0 Å². The fraction of sp³-hybridized carbons (Fsp3) is 0.667. The van der Waals surface area contributed by atoms with E-state index in [4.69, 9.17) is 0 Å². The van der Waals surface area contributed by atoms with Crippen molar-refractivity contribution in [3.05, 3.63) is 0 Å². The standard InChI is InChI=1S/C9H14N2O3S/c1-5(2)8(15)9(14)11-3-6(12)10-7(13)4-11/h5,8,15H,3-4H2,1-2H3,(H,10,12,13). The van der Waals surface area contributed by atoms with Crippen LogP contribution in [0.1, 0.15) is 13.8 Å². The minimum atomic E-state index is -0.469. The lowest BCUT2D eigenvalue weighted by Gasteiger charge is -2.28. The zero-order chi connectivity index (χ0) is 11.6. The Morgan fingerprint density at radius 2 is 1.80 bits per heavy atom. The van der Waals surface area contributed by atoms with Gasteiger partial charge in [0.15, 0.2) is 0 Å². The topological polar surface area (TPSA) is 66.5 Å². The molecule has 0 spiro atoms. The number of nitrogens with zero attached hydrogens (tertiary/aromatic N) is 1. The molecule has 1 N–H and O–H groups in total. The second-order valence-corrected chi connectivity index (χ2v) is 4.41. The Morgan fingerprint density at radius 1 is 1.33 bits per heavy atom. The van der Waals surface area contributed by atoms with E-state index in [0.717, 1.165) is 0 Å². The number of imide groups is 1. The predicted octanol–water partition coefficient (Wildman–Crippen LogP) is -0.574. The molecular weight excluding hydrogens is 216 g/mol. The molecule has 1 aliphatic rings. The van der Waals surface area contributed by atoms with Gasteiger partial charge in [0.25, 0.3) is 0 Å². The van der Waals surface area contributed by atoms with E-state index in [1.54, 1.807) is 0 Å². The van der Waals surface area contributed by atoms with Gasteiger partial charge >= 0.3 is 0 Å². The van der Waals surface area contributed by atoms with Crippen LogP contribution in [0.15, 0.2) is 0 Å². The molecule has 1 unspecified atom stereocenters. The number of nitrogens with one attached hydrogen (secondary N) is 1. The minimum absolute atomic E-state index is 0.0612. The fourth-order valence-corrected chi connectivity index (χ4v) is 1.43. The molecule has 1 heterocycles. The number of carbonyl (C=O) groups is 3. The van der Waals surface area contributed by atoms with Gasteiger partial charge in [0.2, 0.25) is 17.7 Å². The van der Waals surface area contributed by atoms with Crippen molar-refractivity contribution in [2.75, 3.05) is 13.1 Å². The van der Waals surface area contributed by atoms with Gasteiger partial charge in [0, 0.05) is 0 Å². The summed E-state index contributed by atoms with van der Waals surface area (Å²) in [6, 6.07) is 0. The molecule has 6 heteroatoms. The Hall–Kier alpha value is -1.04. The van der Waals surface area contributed by atoms with E-state index >= 15 is 0 Å². The van der Waals surface area contributed by atoms with Crippen LogP contribution in [-0.4, -0.2) is 41.0 Å². The molecule has 0 aromatic carbocycles. The van der Waals surface area contributed by atoms with Crippen molar-refractivity contribution in [1.29, 1.82) is 0 Å². The molecule has 1 atom stereocenters. The summed E-state index contributed by atoms with van der Waals surface area (Å²) in [5.74, 6) is -1.08. The molecule has 3 amide bonds. The Bertz CT molecular complexity index is 288. The van der Waals surface area contributed by atoms with Gasteiger partial charge in [0.1, 0.15) is 13.1 Å². The summed E-state index contributed by atoms with van der Waals surface area (Å²) >= 11 is 4.15. The van der Waals surface area contributed by atoms with E-state index in [2.05, 4.69) is 17.9 Å². The summed E-state index contributed by atoms with van der Waals surface area (Å²) in [7, 11) is 0. The van der Waals surface area contributed by atoms with Crippen LogP contribution >= 0.6 is 12.6 Å². The van der Waals surface area contributed by atoms with Crippen molar-refractivity contribution in [2.24, 2.45) is 5.92 Å². The summed E-state index contributed by atoms with van der Waals surface area (Å²) in [5.41, 5.74) is 0. The number of carbonyl (C=O) groups excluding carboxylic acids is 3. The van der Waals surface area contributed by atoms with Crippen LogP contribution in [0.5, 0.6) is 0 Å². The van der Waals surface area contributed by atoms with Gasteiger partial charge in [-0.2, -0.15) is 12.6 Å². The molecule has 0 aliphatic carbocycles. The molecule has 0 aromatic rings. The smallest absolute Gasteiger partial charge is 0.246 e. The fourth-order valence-electron chi connectivity index (χ4n) is 1.27. The number of rotatable bonds is 2. The van der Waals surface area contributed by atoms with Crippen molar-refractivity contribution in [3.8, 4) is 0 Å². The number of hydrogen-bond donors (Lipinski definition) is 2. The summed E-state index contributed by atoms with van der Waals surface area (Å²) in [6.45, 7) is 3.60. The van der Waals surface area contributed by atoms with E-state index in [0.29, 0.717) is 0 Å². The van der Waals surface area contributed by atoms with Crippen molar-refractivity contribution in [1.82, 2.24) is 10.2 Å². The molecule has 0 radical (unpaired) electrons. The maximum absolute atomic E-state index is 11.7. The van der Waals surface area contributed by atoms with Crippen LogP contribution < -0.4 is 5.32 Å². The van der Waals surface area contributed by atoms with Crippen LogP contribution in [0.4, 0.5) is 0 Å². The summed E-state index contributed by atoms with van der Waals surface area (Å²) in [4.78, 5) is 35.0. The molecule has 1 aliphatic heterocycles. The second-order valence-electron chi connectivity index (χ2n) is 3.85. The minimum Gasteiger partial charge on any atom is -0.323 e. The Kier molecular flexibility index (Phi) is 3.73. The Labute approximate surface area is 93.6 Å². The third-order valence-corrected chi connectivity index (χ3v) is 2.96. The first-order valence-corrected chi connectivity index (χ1v) is 5.23. The second kappa shape index (κ2) is 4.65. The van der Waals surface area contributed by atoms with Crippen molar-refractivity contribution in [2.45, 2.75) is 19.1 Å². The largest absolute Gasteiger partial charge is 0.323 e. The monoisotopic (exact) mass is 230 g/mol. The molecule has 84 valence electrons. The third-order valence-electron chi connectivity index (χ3n) is 2.14. The van der Waals surface area contributed by atoms with Gasteiger partial charge in [0.05, 0.1) is 5.25 Å². The maximum atomic E-state index is 11.7. The average Bonchev–Trinajstić information content (AvgIpc) is 2.13. The van der Waals surface area contributed by atoms with Crippen LogP contribution in [0, 0.1) is 5.92 Å². The first-order valence-electron chi connectivity index (χ1n) is 4.71. The van der Waals surface area contributed by atoms with Gasteiger partial charge < -0.3 is 4.90 Å².